The number of rotatable bonds is 8. The van der Waals surface area contributed by atoms with Crippen LogP contribution in [0.4, 0.5) is 4.79 Å². The number of nitrogens with zero attached hydrogens (tertiary/aromatic N) is 5. The van der Waals surface area contributed by atoms with Gasteiger partial charge in [-0.25, -0.2) is 4.79 Å². The standard InChI is InChI=1S/C21H26ClN5O4S/c1-2-30-21(29)26-11-9-25(10-12-26)19(28)14-32-20-24-23-18(27(20)15-7-8-15)13-31-17-6-4-3-5-16(17)22/h3-6,15H,2,7-14H2,1H3. The number of carbonyl (C=O) groups is 2. The van der Waals surface area contributed by atoms with Crippen LogP contribution in [0.2, 0.25) is 5.02 Å². The van der Waals surface area contributed by atoms with Crippen LogP contribution in [0.5, 0.6) is 5.75 Å². The summed E-state index contributed by atoms with van der Waals surface area (Å²) in [7, 11) is 0. The first-order valence-electron chi connectivity index (χ1n) is 10.7. The molecule has 1 saturated heterocycles. The molecule has 1 aliphatic heterocycles. The van der Waals surface area contributed by atoms with Gasteiger partial charge in [-0.15, -0.1) is 10.2 Å². The smallest absolute Gasteiger partial charge is 0.409 e. The SMILES string of the molecule is CCOC(=O)N1CCN(C(=O)CSc2nnc(COc3ccccc3Cl)n2C2CC2)CC1. The molecule has 1 aromatic carbocycles. The molecule has 2 aliphatic rings. The van der Waals surface area contributed by atoms with Gasteiger partial charge in [0.15, 0.2) is 11.0 Å². The van der Waals surface area contributed by atoms with E-state index in [0.29, 0.717) is 49.6 Å². The quantitative estimate of drug-likeness (QED) is 0.537. The van der Waals surface area contributed by atoms with E-state index in [0.717, 1.165) is 23.8 Å². The Morgan fingerprint density at radius 3 is 2.53 bits per heavy atom. The maximum absolute atomic E-state index is 12.7. The summed E-state index contributed by atoms with van der Waals surface area (Å²) < 4.78 is 12.9. The maximum Gasteiger partial charge on any atom is 0.409 e. The number of hydrogen-bond donors (Lipinski definition) is 0. The van der Waals surface area contributed by atoms with E-state index in [4.69, 9.17) is 21.1 Å². The van der Waals surface area contributed by atoms with Gasteiger partial charge in [0, 0.05) is 32.2 Å². The third-order valence-corrected chi connectivity index (χ3v) is 6.56. The Bertz CT molecular complexity index is 959. The van der Waals surface area contributed by atoms with E-state index in [1.807, 2.05) is 18.2 Å². The van der Waals surface area contributed by atoms with Crippen molar-refractivity contribution in [1.29, 1.82) is 0 Å². The molecule has 2 amide bonds. The lowest BCUT2D eigenvalue weighted by molar-refractivity contribution is -0.129. The molecule has 2 aromatic rings. The van der Waals surface area contributed by atoms with Crippen molar-refractivity contribution in [3.8, 4) is 5.75 Å². The number of aromatic nitrogens is 3. The number of halogens is 1. The van der Waals surface area contributed by atoms with Gasteiger partial charge < -0.3 is 19.3 Å². The predicted molar refractivity (Wildman–Crippen MR) is 120 cm³/mol. The molecule has 1 aliphatic carbocycles. The Balaban J connectivity index is 1.31. The normalized spacial score (nSPS) is 16.2. The highest BCUT2D eigenvalue weighted by Gasteiger charge is 2.31. The van der Waals surface area contributed by atoms with Gasteiger partial charge in [0.05, 0.1) is 17.4 Å². The lowest BCUT2D eigenvalue weighted by Gasteiger charge is -2.34. The van der Waals surface area contributed by atoms with Crippen LogP contribution in [0.15, 0.2) is 29.4 Å². The fourth-order valence-electron chi connectivity index (χ4n) is 3.48. The molecule has 1 saturated carbocycles. The van der Waals surface area contributed by atoms with Gasteiger partial charge in [-0.3, -0.25) is 9.36 Å². The van der Waals surface area contributed by atoms with Gasteiger partial charge in [-0.1, -0.05) is 35.5 Å². The highest BCUT2D eigenvalue weighted by molar-refractivity contribution is 7.99. The lowest BCUT2D eigenvalue weighted by Crippen LogP contribution is -2.51. The third kappa shape index (κ3) is 5.47. The molecule has 0 bridgehead atoms. The summed E-state index contributed by atoms with van der Waals surface area (Å²) in [6, 6.07) is 7.66. The van der Waals surface area contributed by atoms with Crippen molar-refractivity contribution in [2.45, 2.75) is 37.6 Å². The van der Waals surface area contributed by atoms with Crippen molar-refractivity contribution in [3.63, 3.8) is 0 Å². The molecule has 0 N–H and O–H groups in total. The summed E-state index contributed by atoms with van der Waals surface area (Å²) in [6.07, 6.45) is 1.81. The molecule has 11 heteroatoms. The van der Waals surface area contributed by atoms with Crippen LogP contribution in [0, 0.1) is 0 Å². The van der Waals surface area contributed by atoms with Gasteiger partial charge in [0.2, 0.25) is 5.91 Å². The van der Waals surface area contributed by atoms with Gasteiger partial charge in [0.1, 0.15) is 12.4 Å². The van der Waals surface area contributed by atoms with E-state index in [1.165, 1.54) is 11.8 Å². The van der Waals surface area contributed by atoms with Crippen molar-refractivity contribution >= 4 is 35.4 Å². The predicted octanol–water partition coefficient (Wildman–Crippen LogP) is 3.24. The van der Waals surface area contributed by atoms with E-state index >= 15 is 0 Å². The number of para-hydroxylation sites is 1. The molecule has 1 aromatic heterocycles. The van der Waals surface area contributed by atoms with Crippen LogP contribution < -0.4 is 4.74 Å². The molecule has 0 spiro atoms. The molecule has 4 rings (SSSR count). The highest BCUT2D eigenvalue weighted by atomic mass is 35.5. The van der Waals surface area contributed by atoms with E-state index in [-0.39, 0.29) is 24.4 Å². The number of piperazine rings is 1. The Morgan fingerprint density at radius 2 is 1.84 bits per heavy atom. The third-order valence-electron chi connectivity index (χ3n) is 5.32. The molecule has 2 fully saturated rings. The van der Waals surface area contributed by atoms with Crippen molar-refractivity contribution in [3.05, 3.63) is 35.1 Å². The minimum Gasteiger partial charge on any atom is -0.484 e. The average Bonchev–Trinajstić information content (AvgIpc) is 3.57. The summed E-state index contributed by atoms with van der Waals surface area (Å²) in [5.41, 5.74) is 0. The Kier molecular flexibility index (Phi) is 7.41. The summed E-state index contributed by atoms with van der Waals surface area (Å²) in [5, 5.41) is 9.88. The minimum absolute atomic E-state index is 0.0257. The number of ether oxygens (including phenoxy) is 2. The summed E-state index contributed by atoms with van der Waals surface area (Å²) >= 11 is 7.56. The van der Waals surface area contributed by atoms with Crippen LogP contribution in [-0.4, -0.2) is 75.1 Å². The number of thioether (sulfide) groups is 1. The second-order valence-electron chi connectivity index (χ2n) is 7.57. The molecular formula is C21H26ClN5O4S. The zero-order chi connectivity index (χ0) is 22.5. The Hall–Kier alpha value is -2.46. The summed E-state index contributed by atoms with van der Waals surface area (Å²) in [4.78, 5) is 27.9. The van der Waals surface area contributed by atoms with Crippen LogP contribution in [0.25, 0.3) is 0 Å². The van der Waals surface area contributed by atoms with Crippen molar-refractivity contribution in [2.24, 2.45) is 0 Å². The molecule has 32 heavy (non-hydrogen) atoms. The molecule has 2 heterocycles. The zero-order valence-electron chi connectivity index (χ0n) is 17.9. The van der Waals surface area contributed by atoms with E-state index < -0.39 is 0 Å². The minimum atomic E-state index is -0.321. The number of carbonyl (C=O) groups excluding carboxylic acids is 2. The van der Waals surface area contributed by atoms with Crippen molar-refractivity contribution in [1.82, 2.24) is 24.6 Å². The second-order valence-corrected chi connectivity index (χ2v) is 8.92. The molecular weight excluding hydrogens is 454 g/mol. The van der Waals surface area contributed by atoms with E-state index in [2.05, 4.69) is 14.8 Å². The maximum atomic E-state index is 12.7. The monoisotopic (exact) mass is 479 g/mol. The zero-order valence-corrected chi connectivity index (χ0v) is 19.5. The Morgan fingerprint density at radius 1 is 1.12 bits per heavy atom. The average molecular weight is 480 g/mol. The van der Waals surface area contributed by atoms with Crippen LogP contribution in [0.1, 0.15) is 31.6 Å². The molecule has 0 atom stereocenters. The summed E-state index contributed by atoms with van der Waals surface area (Å²) in [5.74, 6) is 1.63. The Labute approximate surface area is 196 Å². The van der Waals surface area contributed by atoms with E-state index in [1.54, 1.807) is 22.8 Å². The molecule has 9 nitrogen and oxygen atoms in total. The second kappa shape index (κ2) is 10.4. The van der Waals surface area contributed by atoms with Gasteiger partial charge in [0.25, 0.3) is 0 Å². The first-order valence-corrected chi connectivity index (χ1v) is 12.1. The molecule has 0 unspecified atom stereocenters. The lowest BCUT2D eigenvalue weighted by atomic mass is 10.3. The number of amides is 2. The van der Waals surface area contributed by atoms with Gasteiger partial charge in [-0.05, 0) is 31.9 Å². The number of hydrogen-bond acceptors (Lipinski definition) is 7. The fraction of sp³-hybridized carbons (Fsp3) is 0.524. The number of benzene rings is 1. The largest absolute Gasteiger partial charge is 0.484 e. The van der Waals surface area contributed by atoms with E-state index in [9.17, 15) is 9.59 Å². The van der Waals surface area contributed by atoms with Crippen molar-refractivity contribution < 1.29 is 19.1 Å². The van der Waals surface area contributed by atoms with Crippen LogP contribution in [-0.2, 0) is 16.1 Å². The van der Waals surface area contributed by atoms with Crippen LogP contribution >= 0.6 is 23.4 Å². The molecule has 172 valence electrons. The summed E-state index contributed by atoms with van der Waals surface area (Å²) in [6.45, 7) is 4.37. The van der Waals surface area contributed by atoms with Gasteiger partial charge in [-0.2, -0.15) is 0 Å². The first-order chi connectivity index (χ1) is 15.6. The van der Waals surface area contributed by atoms with Gasteiger partial charge >= 0.3 is 6.09 Å². The molecule has 0 radical (unpaired) electrons. The van der Waals surface area contributed by atoms with Crippen molar-refractivity contribution in [2.75, 3.05) is 38.5 Å². The first kappa shape index (κ1) is 22.7. The highest BCUT2D eigenvalue weighted by Crippen LogP contribution is 2.39. The topological polar surface area (TPSA) is 89.8 Å². The fourth-order valence-corrected chi connectivity index (χ4v) is 4.60. The van der Waals surface area contributed by atoms with Crippen LogP contribution in [0.3, 0.4) is 0 Å².